The molecule has 0 fully saturated rings. The standard InChI is InChI=1S/C21H16N2O3/c22-12-11-15-5-8-17(9-6-15)23-21(25)14-26-20-10-7-16-3-1-2-4-18(16)19(20)13-24/h1-10,13H,11,14H2,(H,23,25). The molecule has 0 unspecified atom stereocenters. The average molecular weight is 344 g/mol. The Hall–Kier alpha value is -3.65. The van der Waals surface area contributed by atoms with E-state index in [-0.39, 0.29) is 12.5 Å². The minimum Gasteiger partial charge on any atom is -0.483 e. The molecule has 0 atom stereocenters. The first-order valence-electron chi connectivity index (χ1n) is 8.06. The molecule has 0 heterocycles. The van der Waals surface area contributed by atoms with Crippen molar-refractivity contribution in [3.63, 3.8) is 0 Å². The monoisotopic (exact) mass is 344 g/mol. The number of hydrogen-bond acceptors (Lipinski definition) is 4. The predicted molar refractivity (Wildman–Crippen MR) is 99.2 cm³/mol. The number of carbonyl (C=O) groups excluding carboxylic acids is 2. The van der Waals surface area contributed by atoms with Crippen LogP contribution < -0.4 is 10.1 Å². The van der Waals surface area contributed by atoms with Gasteiger partial charge in [-0.15, -0.1) is 0 Å². The van der Waals surface area contributed by atoms with E-state index < -0.39 is 0 Å². The maximum absolute atomic E-state index is 12.1. The van der Waals surface area contributed by atoms with Crippen LogP contribution in [0.2, 0.25) is 0 Å². The number of benzene rings is 3. The van der Waals surface area contributed by atoms with Crippen molar-refractivity contribution < 1.29 is 14.3 Å². The lowest BCUT2D eigenvalue weighted by atomic mass is 10.0. The first kappa shape index (κ1) is 17.2. The number of fused-ring (bicyclic) bond motifs is 1. The molecule has 0 aliphatic heterocycles. The summed E-state index contributed by atoms with van der Waals surface area (Å²) >= 11 is 0. The number of aldehydes is 1. The highest BCUT2D eigenvalue weighted by molar-refractivity contribution is 6.01. The van der Waals surface area contributed by atoms with Gasteiger partial charge in [0.15, 0.2) is 12.9 Å². The minimum atomic E-state index is -0.331. The lowest BCUT2D eigenvalue weighted by molar-refractivity contribution is -0.118. The molecule has 3 aromatic rings. The predicted octanol–water partition coefficient (Wildman–Crippen LogP) is 3.74. The first-order valence-corrected chi connectivity index (χ1v) is 8.06. The summed E-state index contributed by atoms with van der Waals surface area (Å²) in [5.41, 5.74) is 1.93. The van der Waals surface area contributed by atoms with Gasteiger partial charge in [-0.1, -0.05) is 42.5 Å². The van der Waals surface area contributed by atoms with Crippen molar-refractivity contribution in [1.29, 1.82) is 5.26 Å². The van der Waals surface area contributed by atoms with E-state index in [1.54, 1.807) is 30.3 Å². The summed E-state index contributed by atoms with van der Waals surface area (Å²) in [5.74, 6) is 0.0428. The molecule has 3 aromatic carbocycles. The summed E-state index contributed by atoms with van der Waals surface area (Å²) in [6, 6.07) is 20.1. The van der Waals surface area contributed by atoms with Gasteiger partial charge in [0.2, 0.25) is 0 Å². The minimum absolute atomic E-state index is 0.209. The summed E-state index contributed by atoms with van der Waals surface area (Å²) in [6.07, 6.45) is 1.07. The van der Waals surface area contributed by atoms with E-state index in [1.165, 1.54) is 0 Å². The molecule has 1 amide bonds. The second-order valence-corrected chi connectivity index (χ2v) is 5.69. The summed E-state index contributed by atoms with van der Waals surface area (Å²) in [4.78, 5) is 23.5. The second-order valence-electron chi connectivity index (χ2n) is 5.69. The van der Waals surface area contributed by atoms with E-state index in [1.807, 2.05) is 30.3 Å². The van der Waals surface area contributed by atoms with Gasteiger partial charge in [0, 0.05) is 5.69 Å². The van der Waals surface area contributed by atoms with Gasteiger partial charge >= 0.3 is 0 Å². The number of nitriles is 1. The molecule has 0 bridgehead atoms. The zero-order chi connectivity index (χ0) is 18.4. The third-order valence-electron chi connectivity index (χ3n) is 3.93. The number of nitrogens with zero attached hydrogens (tertiary/aromatic N) is 1. The Balaban J connectivity index is 1.67. The molecule has 0 aliphatic carbocycles. The van der Waals surface area contributed by atoms with Gasteiger partial charge in [-0.2, -0.15) is 5.26 Å². The van der Waals surface area contributed by atoms with Crippen molar-refractivity contribution in [1.82, 2.24) is 0 Å². The number of ether oxygens (including phenoxy) is 1. The second kappa shape index (κ2) is 7.95. The largest absolute Gasteiger partial charge is 0.483 e. The van der Waals surface area contributed by atoms with Gasteiger partial charge in [-0.05, 0) is 34.5 Å². The van der Waals surface area contributed by atoms with Gasteiger partial charge in [0.05, 0.1) is 18.1 Å². The van der Waals surface area contributed by atoms with E-state index in [0.717, 1.165) is 22.6 Å². The van der Waals surface area contributed by atoms with Crippen LogP contribution in [0.15, 0.2) is 60.7 Å². The van der Waals surface area contributed by atoms with Crippen molar-refractivity contribution in [3.8, 4) is 11.8 Å². The molecule has 5 heteroatoms. The van der Waals surface area contributed by atoms with Crippen LogP contribution in [0, 0.1) is 11.3 Å². The highest BCUT2D eigenvalue weighted by Crippen LogP contribution is 2.26. The topological polar surface area (TPSA) is 79.2 Å². The van der Waals surface area contributed by atoms with Crippen LogP contribution in [-0.2, 0) is 11.2 Å². The van der Waals surface area contributed by atoms with E-state index in [9.17, 15) is 9.59 Å². The van der Waals surface area contributed by atoms with E-state index in [0.29, 0.717) is 23.4 Å². The van der Waals surface area contributed by atoms with Crippen LogP contribution in [0.4, 0.5) is 5.69 Å². The maximum atomic E-state index is 12.1. The lowest BCUT2D eigenvalue weighted by Gasteiger charge is -2.11. The smallest absolute Gasteiger partial charge is 0.262 e. The molecular weight excluding hydrogens is 328 g/mol. The molecule has 0 spiro atoms. The molecule has 3 rings (SSSR count). The molecule has 0 saturated heterocycles. The molecule has 5 nitrogen and oxygen atoms in total. The van der Waals surface area contributed by atoms with Crippen molar-refractivity contribution in [3.05, 3.63) is 71.8 Å². The normalized spacial score (nSPS) is 10.1. The van der Waals surface area contributed by atoms with Crippen LogP contribution in [0.25, 0.3) is 10.8 Å². The summed E-state index contributed by atoms with van der Waals surface area (Å²) in [6.45, 7) is -0.209. The summed E-state index contributed by atoms with van der Waals surface area (Å²) < 4.78 is 5.55. The molecule has 0 saturated carbocycles. The highest BCUT2D eigenvalue weighted by Gasteiger charge is 2.10. The third kappa shape index (κ3) is 3.87. The quantitative estimate of drug-likeness (QED) is 0.691. The molecular formula is C21H16N2O3. The lowest BCUT2D eigenvalue weighted by Crippen LogP contribution is -2.20. The number of rotatable bonds is 6. The van der Waals surface area contributed by atoms with Crippen molar-refractivity contribution in [2.24, 2.45) is 0 Å². The van der Waals surface area contributed by atoms with E-state index >= 15 is 0 Å². The van der Waals surface area contributed by atoms with Gasteiger partial charge in [0.25, 0.3) is 5.91 Å². The van der Waals surface area contributed by atoms with Gasteiger partial charge in [0.1, 0.15) is 5.75 Å². The summed E-state index contributed by atoms with van der Waals surface area (Å²) in [5, 5.41) is 13.1. The van der Waals surface area contributed by atoms with Crippen molar-refractivity contribution in [2.45, 2.75) is 6.42 Å². The van der Waals surface area contributed by atoms with E-state index in [4.69, 9.17) is 10.00 Å². The van der Waals surface area contributed by atoms with E-state index in [2.05, 4.69) is 11.4 Å². The van der Waals surface area contributed by atoms with Gasteiger partial charge in [-0.25, -0.2) is 0 Å². The Kier molecular flexibility index (Phi) is 5.25. The molecule has 0 aliphatic rings. The highest BCUT2D eigenvalue weighted by atomic mass is 16.5. The average Bonchev–Trinajstić information content (AvgIpc) is 2.67. The van der Waals surface area contributed by atoms with Crippen molar-refractivity contribution >= 4 is 28.7 Å². The number of nitrogens with one attached hydrogen (secondary N) is 1. The SMILES string of the molecule is N#CCc1ccc(NC(=O)COc2ccc3ccccc3c2C=O)cc1. The Labute approximate surface area is 150 Å². The zero-order valence-electron chi connectivity index (χ0n) is 13.9. The Bertz CT molecular complexity index is 988. The van der Waals surface area contributed by atoms with Crippen LogP contribution in [0.3, 0.4) is 0 Å². The Morgan fingerprint density at radius 3 is 2.58 bits per heavy atom. The van der Waals surface area contributed by atoms with Gasteiger partial charge < -0.3 is 10.1 Å². The maximum Gasteiger partial charge on any atom is 0.262 e. The van der Waals surface area contributed by atoms with Gasteiger partial charge in [-0.3, -0.25) is 9.59 Å². The third-order valence-corrected chi connectivity index (χ3v) is 3.93. The molecule has 128 valence electrons. The first-order chi connectivity index (χ1) is 12.7. The fourth-order valence-corrected chi connectivity index (χ4v) is 2.66. The van der Waals surface area contributed by atoms with Crippen molar-refractivity contribution in [2.75, 3.05) is 11.9 Å². The van der Waals surface area contributed by atoms with Crippen LogP contribution in [-0.4, -0.2) is 18.8 Å². The zero-order valence-corrected chi connectivity index (χ0v) is 13.9. The van der Waals surface area contributed by atoms with Crippen LogP contribution >= 0.6 is 0 Å². The number of amides is 1. The summed E-state index contributed by atoms with van der Waals surface area (Å²) in [7, 11) is 0. The molecule has 26 heavy (non-hydrogen) atoms. The molecule has 1 N–H and O–H groups in total. The fourth-order valence-electron chi connectivity index (χ4n) is 2.66. The molecule has 0 radical (unpaired) electrons. The van der Waals surface area contributed by atoms with Crippen LogP contribution in [0.5, 0.6) is 5.75 Å². The Morgan fingerprint density at radius 1 is 1.08 bits per heavy atom. The fraction of sp³-hybridized carbons (Fsp3) is 0.0952. The number of hydrogen-bond donors (Lipinski definition) is 1. The van der Waals surface area contributed by atoms with Crippen LogP contribution in [0.1, 0.15) is 15.9 Å². The number of carbonyl (C=O) groups is 2. The Morgan fingerprint density at radius 2 is 1.85 bits per heavy atom. The number of anilines is 1. The molecule has 0 aromatic heterocycles.